The maximum atomic E-state index is 12.6. The summed E-state index contributed by atoms with van der Waals surface area (Å²) in [5, 5.41) is 5.97. The lowest BCUT2D eigenvalue weighted by Gasteiger charge is -2.33. The van der Waals surface area contributed by atoms with Gasteiger partial charge in [-0.05, 0) is 56.9 Å². The molecule has 5 nitrogen and oxygen atoms in total. The van der Waals surface area contributed by atoms with Crippen LogP contribution in [0.15, 0.2) is 48.5 Å². The molecule has 3 amide bonds. The summed E-state index contributed by atoms with van der Waals surface area (Å²) in [6.07, 6.45) is 2.00. The molecule has 0 saturated carbocycles. The van der Waals surface area contributed by atoms with Gasteiger partial charge in [0.25, 0.3) is 5.91 Å². The van der Waals surface area contributed by atoms with Crippen LogP contribution in [0.1, 0.15) is 59.7 Å². The number of aryl methyl sites for hydroxylation is 1. The molecule has 0 unspecified atom stereocenters. The molecule has 1 saturated heterocycles. The molecule has 0 bridgehead atoms. The van der Waals surface area contributed by atoms with Crippen molar-refractivity contribution >= 4 is 11.9 Å². The van der Waals surface area contributed by atoms with Crippen LogP contribution in [0.3, 0.4) is 0 Å². The van der Waals surface area contributed by atoms with Gasteiger partial charge in [-0.1, -0.05) is 42.0 Å². The van der Waals surface area contributed by atoms with Crippen LogP contribution < -0.4 is 10.6 Å². The Bertz CT molecular complexity index is 845. The van der Waals surface area contributed by atoms with Gasteiger partial charge in [-0.3, -0.25) is 4.79 Å². The lowest BCUT2D eigenvalue weighted by Crippen LogP contribution is -2.47. The number of amides is 3. The predicted molar refractivity (Wildman–Crippen MR) is 116 cm³/mol. The summed E-state index contributed by atoms with van der Waals surface area (Å²) in [6.45, 7) is 7.97. The predicted octanol–water partition coefficient (Wildman–Crippen LogP) is 4.22. The Morgan fingerprint density at radius 1 is 1.14 bits per heavy atom. The van der Waals surface area contributed by atoms with E-state index >= 15 is 0 Å². The van der Waals surface area contributed by atoms with Gasteiger partial charge >= 0.3 is 6.03 Å². The topological polar surface area (TPSA) is 61.4 Å². The fraction of sp³-hybridized carbons (Fsp3) is 0.417. The Labute approximate surface area is 173 Å². The third-order valence-electron chi connectivity index (χ3n) is 5.31. The van der Waals surface area contributed by atoms with Crippen LogP contribution in [0.25, 0.3) is 0 Å². The zero-order valence-electron chi connectivity index (χ0n) is 17.6. The molecule has 1 atom stereocenters. The van der Waals surface area contributed by atoms with E-state index in [1.165, 1.54) is 5.56 Å². The van der Waals surface area contributed by atoms with Gasteiger partial charge in [0.15, 0.2) is 0 Å². The van der Waals surface area contributed by atoms with Gasteiger partial charge in [0.05, 0.1) is 0 Å². The van der Waals surface area contributed by atoms with Gasteiger partial charge in [-0.2, -0.15) is 0 Å². The van der Waals surface area contributed by atoms with E-state index in [4.69, 9.17) is 0 Å². The number of likely N-dealkylation sites (tertiary alicyclic amines) is 1. The number of rotatable bonds is 5. The molecule has 0 aliphatic carbocycles. The van der Waals surface area contributed by atoms with Crippen LogP contribution in [0.2, 0.25) is 0 Å². The first-order chi connectivity index (χ1) is 13.9. The summed E-state index contributed by atoms with van der Waals surface area (Å²) in [7, 11) is 0. The third-order valence-corrected chi connectivity index (χ3v) is 5.31. The molecule has 154 valence electrons. The van der Waals surface area contributed by atoms with Crippen molar-refractivity contribution in [2.45, 2.75) is 52.1 Å². The molecule has 0 spiro atoms. The Hall–Kier alpha value is -2.82. The largest absolute Gasteiger partial charge is 0.348 e. The standard InChI is InChI=1S/C24H31N3O2/c1-17(2)26-24(29)27-13-5-8-22(16-27)20-6-4-7-21(14-20)23(28)25-15-19-11-9-18(3)10-12-19/h4,6-7,9-12,14,17,22H,5,8,13,15-16H2,1-3H3,(H,25,28)(H,26,29)/t22-/m0/s1. The lowest BCUT2D eigenvalue weighted by molar-refractivity contribution is 0.0950. The van der Waals surface area contributed by atoms with Crippen molar-refractivity contribution in [2.24, 2.45) is 0 Å². The fourth-order valence-corrected chi connectivity index (χ4v) is 3.70. The molecule has 2 aromatic rings. The van der Waals surface area contributed by atoms with E-state index in [0.717, 1.165) is 30.5 Å². The Morgan fingerprint density at radius 3 is 2.62 bits per heavy atom. The van der Waals surface area contributed by atoms with E-state index < -0.39 is 0 Å². The maximum Gasteiger partial charge on any atom is 0.317 e. The number of nitrogens with one attached hydrogen (secondary N) is 2. The van der Waals surface area contributed by atoms with E-state index in [2.05, 4.69) is 16.7 Å². The summed E-state index contributed by atoms with van der Waals surface area (Å²) in [5.74, 6) is 0.184. The van der Waals surface area contributed by atoms with E-state index in [9.17, 15) is 9.59 Å². The van der Waals surface area contributed by atoms with Crippen molar-refractivity contribution in [2.75, 3.05) is 13.1 Å². The smallest absolute Gasteiger partial charge is 0.317 e. The van der Waals surface area contributed by atoms with Crippen LogP contribution in [-0.2, 0) is 6.54 Å². The number of hydrogen-bond donors (Lipinski definition) is 2. The average Bonchev–Trinajstić information content (AvgIpc) is 2.73. The van der Waals surface area contributed by atoms with Crippen LogP contribution in [0.4, 0.5) is 4.79 Å². The molecule has 29 heavy (non-hydrogen) atoms. The van der Waals surface area contributed by atoms with Gasteiger partial charge in [0.1, 0.15) is 0 Å². The van der Waals surface area contributed by atoms with Crippen LogP contribution in [0, 0.1) is 6.92 Å². The number of hydrogen-bond acceptors (Lipinski definition) is 2. The number of urea groups is 1. The third kappa shape index (κ3) is 5.83. The first-order valence-corrected chi connectivity index (χ1v) is 10.4. The van der Waals surface area contributed by atoms with E-state index in [-0.39, 0.29) is 23.9 Å². The van der Waals surface area contributed by atoms with Crippen molar-refractivity contribution in [1.29, 1.82) is 0 Å². The summed E-state index contributed by atoms with van der Waals surface area (Å²) < 4.78 is 0. The minimum absolute atomic E-state index is 0.00306. The number of nitrogens with zero attached hydrogens (tertiary/aromatic N) is 1. The first-order valence-electron chi connectivity index (χ1n) is 10.4. The zero-order valence-corrected chi connectivity index (χ0v) is 17.6. The summed E-state index contributed by atoms with van der Waals surface area (Å²) in [6, 6.07) is 16.1. The highest BCUT2D eigenvalue weighted by Gasteiger charge is 2.25. The van der Waals surface area contributed by atoms with E-state index in [1.807, 2.05) is 68.1 Å². The number of piperidine rings is 1. The van der Waals surface area contributed by atoms with Gasteiger partial charge in [0.2, 0.25) is 0 Å². The summed E-state index contributed by atoms with van der Waals surface area (Å²) >= 11 is 0. The van der Waals surface area contributed by atoms with Crippen LogP contribution in [-0.4, -0.2) is 36.0 Å². The van der Waals surface area contributed by atoms with Gasteiger partial charge in [-0.25, -0.2) is 4.79 Å². The second kappa shape index (κ2) is 9.59. The Balaban J connectivity index is 1.63. The minimum atomic E-state index is -0.0716. The molecule has 2 aromatic carbocycles. The van der Waals surface area contributed by atoms with Crippen LogP contribution >= 0.6 is 0 Å². The normalized spacial score (nSPS) is 16.6. The average molecular weight is 394 g/mol. The highest BCUT2D eigenvalue weighted by Crippen LogP contribution is 2.27. The first kappa shape index (κ1) is 20.9. The van der Waals surface area contributed by atoms with Crippen molar-refractivity contribution in [3.05, 3.63) is 70.8 Å². The molecule has 2 N–H and O–H groups in total. The number of benzene rings is 2. The molecule has 0 aromatic heterocycles. The quantitative estimate of drug-likeness (QED) is 0.799. The van der Waals surface area contributed by atoms with E-state index in [1.54, 1.807) is 0 Å². The van der Waals surface area contributed by atoms with Crippen molar-refractivity contribution in [3.8, 4) is 0 Å². The molecular formula is C24H31N3O2. The lowest BCUT2D eigenvalue weighted by atomic mass is 9.89. The molecule has 5 heteroatoms. The monoisotopic (exact) mass is 393 g/mol. The molecule has 1 heterocycles. The van der Waals surface area contributed by atoms with Gasteiger partial charge in [0, 0.05) is 37.2 Å². The van der Waals surface area contributed by atoms with Gasteiger partial charge < -0.3 is 15.5 Å². The van der Waals surface area contributed by atoms with Crippen molar-refractivity contribution in [1.82, 2.24) is 15.5 Å². The van der Waals surface area contributed by atoms with Crippen LogP contribution in [0.5, 0.6) is 0 Å². The molecular weight excluding hydrogens is 362 g/mol. The van der Waals surface area contributed by atoms with Crippen molar-refractivity contribution in [3.63, 3.8) is 0 Å². The minimum Gasteiger partial charge on any atom is -0.348 e. The molecule has 1 aliphatic rings. The summed E-state index contributed by atoms with van der Waals surface area (Å²) in [4.78, 5) is 26.9. The maximum absolute atomic E-state index is 12.6. The number of carbonyl (C=O) groups excluding carboxylic acids is 2. The highest BCUT2D eigenvalue weighted by molar-refractivity contribution is 5.94. The second-order valence-corrected chi connectivity index (χ2v) is 8.18. The molecule has 1 fully saturated rings. The second-order valence-electron chi connectivity index (χ2n) is 8.18. The Morgan fingerprint density at radius 2 is 1.90 bits per heavy atom. The SMILES string of the molecule is Cc1ccc(CNC(=O)c2cccc([C@H]3CCCN(C(=O)NC(C)C)C3)c2)cc1. The number of carbonyl (C=O) groups is 2. The molecule has 1 aliphatic heterocycles. The summed E-state index contributed by atoms with van der Waals surface area (Å²) in [5.41, 5.74) is 4.07. The van der Waals surface area contributed by atoms with Gasteiger partial charge in [-0.15, -0.1) is 0 Å². The van der Waals surface area contributed by atoms with Crippen molar-refractivity contribution < 1.29 is 9.59 Å². The fourth-order valence-electron chi connectivity index (χ4n) is 3.70. The molecule has 0 radical (unpaired) electrons. The molecule has 3 rings (SSSR count). The van der Waals surface area contributed by atoms with E-state index in [0.29, 0.717) is 18.7 Å². The zero-order chi connectivity index (χ0) is 20.8. The highest BCUT2D eigenvalue weighted by atomic mass is 16.2. The Kier molecular flexibility index (Phi) is 6.91.